The van der Waals surface area contributed by atoms with E-state index in [-0.39, 0.29) is 0 Å². The predicted octanol–water partition coefficient (Wildman–Crippen LogP) is 5.52. The average Bonchev–Trinajstić information content (AvgIpc) is 2.97. The highest BCUT2D eigenvalue weighted by molar-refractivity contribution is 9.11. The number of halogens is 2. The van der Waals surface area contributed by atoms with Crippen molar-refractivity contribution in [2.24, 2.45) is 0 Å². The number of benzene rings is 1. The average molecular weight is 419 g/mol. The van der Waals surface area contributed by atoms with Gasteiger partial charge in [-0.15, -0.1) is 0 Å². The maximum Gasteiger partial charge on any atom is 0.0576 e. The van der Waals surface area contributed by atoms with Gasteiger partial charge in [0.15, 0.2) is 0 Å². The molecule has 0 spiro atoms. The summed E-state index contributed by atoms with van der Waals surface area (Å²) in [5.41, 5.74) is 2.61. The van der Waals surface area contributed by atoms with Gasteiger partial charge in [0.05, 0.1) is 6.10 Å². The lowest BCUT2D eigenvalue weighted by molar-refractivity contribution is 0.0995. The van der Waals surface area contributed by atoms with Crippen molar-refractivity contribution < 1.29 is 4.74 Å². The molecule has 2 unspecified atom stereocenters. The maximum absolute atomic E-state index is 5.77. The van der Waals surface area contributed by atoms with Gasteiger partial charge in [-0.2, -0.15) is 0 Å². The summed E-state index contributed by atoms with van der Waals surface area (Å²) < 4.78 is 8.15. The topological polar surface area (TPSA) is 21.3 Å². The largest absolute Gasteiger partial charge is 0.378 e. The predicted molar refractivity (Wildman–Crippen MR) is 95.8 cm³/mol. The van der Waals surface area contributed by atoms with Gasteiger partial charge in [0.2, 0.25) is 0 Å². The Balaban J connectivity index is 2.08. The Hall–Kier alpha value is 0.1000. The highest BCUT2D eigenvalue weighted by Gasteiger charge is 2.20. The summed E-state index contributed by atoms with van der Waals surface area (Å²) in [4.78, 5) is 0. The van der Waals surface area contributed by atoms with Crippen LogP contribution in [0.3, 0.4) is 0 Å². The van der Waals surface area contributed by atoms with Crippen molar-refractivity contribution in [3.05, 3.63) is 32.2 Å². The molecule has 1 aliphatic rings. The van der Waals surface area contributed by atoms with Crippen LogP contribution < -0.4 is 5.32 Å². The van der Waals surface area contributed by atoms with E-state index in [1.165, 1.54) is 32.9 Å². The zero-order chi connectivity index (χ0) is 15.2. The molecule has 4 heteroatoms. The number of rotatable bonds is 7. The molecule has 1 fully saturated rings. The molecule has 1 aliphatic heterocycles. The van der Waals surface area contributed by atoms with Gasteiger partial charge in [0.25, 0.3) is 0 Å². The summed E-state index contributed by atoms with van der Waals surface area (Å²) in [6, 6.07) is 4.84. The number of ether oxygens (including phenoxy) is 1. The third kappa shape index (κ3) is 5.05. The lowest BCUT2D eigenvalue weighted by atomic mass is 9.98. The molecule has 1 heterocycles. The van der Waals surface area contributed by atoms with Gasteiger partial charge in [0.1, 0.15) is 0 Å². The summed E-state index contributed by atoms with van der Waals surface area (Å²) in [5.74, 6) is 0. The molecule has 1 aromatic carbocycles. The van der Waals surface area contributed by atoms with E-state index in [1.54, 1.807) is 0 Å². The molecule has 1 N–H and O–H groups in total. The number of hydrogen-bond donors (Lipinski definition) is 1. The van der Waals surface area contributed by atoms with Gasteiger partial charge in [0, 0.05) is 21.6 Å². The highest BCUT2D eigenvalue weighted by atomic mass is 79.9. The molecule has 2 atom stereocenters. The van der Waals surface area contributed by atoms with Crippen LogP contribution in [0.1, 0.15) is 56.2 Å². The number of aryl methyl sites for hydroxylation is 1. The van der Waals surface area contributed by atoms with E-state index in [0.29, 0.717) is 12.1 Å². The summed E-state index contributed by atoms with van der Waals surface area (Å²) >= 11 is 7.40. The highest BCUT2D eigenvalue weighted by Crippen LogP contribution is 2.33. The molecule has 0 aromatic heterocycles. The standard InChI is InChI=1S/C17H25Br2NO/c1-3-8-20-17(7-6-13-5-4-9-21-13)14-11-15(18)12(2)10-16(14)19/h10-11,13,17,20H,3-9H2,1-2H3. The molecule has 2 nitrogen and oxygen atoms in total. The second kappa shape index (κ2) is 8.66. The lowest BCUT2D eigenvalue weighted by Gasteiger charge is -2.22. The minimum absolute atomic E-state index is 0.389. The first-order valence-electron chi connectivity index (χ1n) is 7.92. The van der Waals surface area contributed by atoms with Crippen molar-refractivity contribution in [2.75, 3.05) is 13.2 Å². The molecule has 0 amide bonds. The van der Waals surface area contributed by atoms with E-state index in [2.05, 4.69) is 63.2 Å². The van der Waals surface area contributed by atoms with Gasteiger partial charge in [-0.25, -0.2) is 0 Å². The SMILES string of the molecule is CCCNC(CCC1CCCO1)c1cc(Br)c(C)cc1Br. The zero-order valence-corrected chi connectivity index (χ0v) is 16.1. The molecular formula is C17H25Br2NO. The van der Waals surface area contributed by atoms with Crippen molar-refractivity contribution in [3.8, 4) is 0 Å². The van der Waals surface area contributed by atoms with Crippen molar-refractivity contribution in [2.45, 2.75) is 58.1 Å². The van der Waals surface area contributed by atoms with Crippen LogP contribution in [-0.2, 0) is 4.74 Å². The van der Waals surface area contributed by atoms with Crippen molar-refractivity contribution in [3.63, 3.8) is 0 Å². The van der Waals surface area contributed by atoms with E-state index >= 15 is 0 Å². The lowest BCUT2D eigenvalue weighted by Crippen LogP contribution is -2.24. The van der Waals surface area contributed by atoms with Crippen molar-refractivity contribution >= 4 is 31.9 Å². The van der Waals surface area contributed by atoms with Crippen LogP contribution in [0.4, 0.5) is 0 Å². The molecule has 0 saturated carbocycles. The molecule has 0 aliphatic carbocycles. The third-order valence-electron chi connectivity index (χ3n) is 4.10. The molecule has 1 saturated heterocycles. The van der Waals surface area contributed by atoms with Gasteiger partial charge in [-0.05, 0) is 68.8 Å². The molecule has 2 rings (SSSR count). The number of hydrogen-bond acceptors (Lipinski definition) is 2. The van der Waals surface area contributed by atoms with Crippen LogP contribution in [0, 0.1) is 6.92 Å². The Morgan fingerprint density at radius 3 is 2.81 bits per heavy atom. The Labute approximate surface area is 145 Å². The van der Waals surface area contributed by atoms with E-state index < -0.39 is 0 Å². The fourth-order valence-corrected chi connectivity index (χ4v) is 3.93. The van der Waals surface area contributed by atoms with E-state index in [0.717, 1.165) is 32.4 Å². The smallest absolute Gasteiger partial charge is 0.0576 e. The van der Waals surface area contributed by atoms with Crippen LogP contribution in [0.5, 0.6) is 0 Å². The normalized spacial score (nSPS) is 19.9. The Morgan fingerprint density at radius 1 is 1.33 bits per heavy atom. The molecule has 1 aromatic rings. The van der Waals surface area contributed by atoms with E-state index in [9.17, 15) is 0 Å². The van der Waals surface area contributed by atoms with Crippen LogP contribution in [0.25, 0.3) is 0 Å². The Kier molecular flexibility index (Phi) is 7.20. The van der Waals surface area contributed by atoms with Crippen LogP contribution in [-0.4, -0.2) is 19.3 Å². The maximum atomic E-state index is 5.77. The summed E-state index contributed by atoms with van der Waals surface area (Å²) in [6.07, 6.45) is 6.32. The summed E-state index contributed by atoms with van der Waals surface area (Å²) in [5, 5.41) is 3.69. The fourth-order valence-electron chi connectivity index (χ4n) is 2.84. The number of nitrogens with one attached hydrogen (secondary N) is 1. The quantitative estimate of drug-likeness (QED) is 0.629. The molecular weight excluding hydrogens is 394 g/mol. The second-order valence-corrected chi connectivity index (χ2v) is 7.55. The Morgan fingerprint density at radius 2 is 2.14 bits per heavy atom. The first kappa shape index (κ1) is 17.5. The minimum Gasteiger partial charge on any atom is -0.378 e. The first-order chi connectivity index (χ1) is 10.1. The molecule has 118 valence electrons. The van der Waals surface area contributed by atoms with Gasteiger partial charge >= 0.3 is 0 Å². The van der Waals surface area contributed by atoms with Gasteiger partial charge in [-0.1, -0.05) is 38.8 Å². The molecule has 0 bridgehead atoms. The van der Waals surface area contributed by atoms with Gasteiger partial charge in [-0.3, -0.25) is 0 Å². The minimum atomic E-state index is 0.389. The van der Waals surface area contributed by atoms with Crippen LogP contribution >= 0.6 is 31.9 Å². The fraction of sp³-hybridized carbons (Fsp3) is 0.647. The monoisotopic (exact) mass is 417 g/mol. The summed E-state index contributed by atoms with van der Waals surface area (Å²) in [6.45, 7) is 6.33. The second-order valence-electron chi connectivity index (χ2n) is 5.84. The van der Waals surface area contributed by atoms with E-state index in [4.69, 9.17) is 4.74 Å². The zero-order valence-electron chi connectivity index (χ0n) is 12.9. The van der Waals surface area contributed by atoms with Crippen molar-refractivity contribution in [1.29, 1.82) is 0 Å². The third-order valence-corrected chi connectivity index (χ3v) is 5.64. The van der Waals surface area contributed by atoms with Crippen LogP contribution in [0.15, 0.2) is 21.1 Å². The molecule has 21 heavy (non-hydrogen) atoms. The first-order valence-corrected chi connectivity index (χ1v) is 9.51. The van der Waals surface area contributed by atoms with Gasteiger partial charge < -0.3 is 10.1 Å². The van der Waals surface area contributed by atoms with E-state index in [1.807, 2.05) is 0 Å². The van der Waals surface area contributed by atoms with Crippen molar-refractivity contribution in [1.82, 2.24) is 5.32 Å². The van der Waals surface area contributed by atoms with Crippen LogP contribution in [0.2, 0.25) is 0 Å². The Bertz CT molecular complexity index is 458. The summed E-state index contributed by atoms with van der Waals surface area (Å²) in [7, 11) is 0. The molecule has 0 radical (unpaired) electrons.